The molecule has 1 aromatic carbocycles. The summed E-state index contributed by atoms with van der Waals surface area (Å²) in [6, 6.07) is 11.3. The zero-order valence-electron chi connectivity index (χ0n) is 9.65. The lowest BCUT2D eigenvalue weighted by Gasteiger charge is -2.06. The Labute approximate surface area is 109 Å². The van der Waals surface area contributed by atoms with Crippen molar-refractivity contribution in [2.24, 2.45) is 0 Å². The maximum Gasteiger partial charge on any atom is 0.140 e. The van der Waals surface area contributed by atoms with Crippen molar-refractivity contribution in [3.05, 3.63) is 59.0 Å². The lowest BCUT2D eigenvalue weighted by Crippen LogP contribution is -1.99. The summed E-state index contributed by atoms with van der Waals surface area (Å²) in [5.74, 6) is 1.19. The molecule has 3 rings (SSSR count). The second kappa shape index (κ2) is 4.66. The van der Waals surface area contributed by atoms with E-state index in [-0.39, 0.29) is 5.75 Å². The van der Waals surface area contributed by atoms with Gasteiger partial charge in [0, 0.05) is 22.8 Å². The lowest BCUT2D eigenvalue weighted by molar-refractivity contribution is 0.475. The van der Waals surface area contributed by atoms with Gasteiger partial charge in [-0.15, -0.1) is 11.3 Å². The number of phenols is 1. The minimum absolute atomic E-state index is 0.273. The Morgan fingerprint density at radius 2 is 2.00 bits per heavy atom. The number of aromatic nitrogens is 2. The van der Waals surface area contributed by atoms with Gasteiger partial charge in [0.1, 0.15) is 11.6 Å². The summed E-state index contributed by atoms with van der Waals surface area (Å²) in [5, 5.41) is 11.4. The monoisotopic (exact) mass is 256 g/mol. The number of rotatable bonds is 3. The summed E-state index contributed by atoms with van der Waals surface area (Å²) in [6.45, 7) is 0.827. The first-order valence-electron chi connectivity index (χ1n) is 5.66. The first-order valence-corrected chi connectivity index (χ1v) is 6.54. The molecule has 3 aromatic rings. The van der Waals surface area contributed by atoms with Crippen LogP contribution < -0.4 is 0 Å². The van der Waals surface area contributed by atoms with Gasteiger partial charge in [0.15, 0.2) is 0 Å². The van der Waals surface area contributed by atoms with Gasteiger partial charge >= 0.3 is 0 Å². The molecule has 0 saturated carbocycles. The number of aromatic hydroxyl groups is 1. The van der Waals surface area contributed by atoms with Gasteiger partial charge in [0.25, 0.3) is 0 Å². The Kier molecular flexibility index (Phi) is 2.86. The van der Waals surface area contributed by atoms with Crippen LogP contribution in [0.5, 0.6) is 5.75 Å². The number of hydrogen-bond acceptors (Lipinski definition) is 3. The van der Waals surface area contributed by atoms with Crippen LogP contribution in [0.3, 0.4) is 0 Å². The van der Waals surface area contributed by atoms with Crippen LogP contribution in [0, 0.1) is 0 Å². The number of nitrogens with zero attached hydrogens (tertiary/aromatic N) is 2. The van der Waals surface area contributed by atoms with Crippen LogP contribution in [-0.2, 0) is 6.54 Å². The molecule has 4 heteroatoms. The van der Waals surface area contributed by atoms with E-state index in [4.69, 9.17) is 0 Å². The molecule has 0 spiro atoms. The molecule has 2 heterocycles. The molecule has 18 heavy (non-hydrogen) atoms. The minimum atomic E-state index is 0.273. The van der Waals surface area contributed by atoms with Crippen LogP contribution in [0.15, 0.2) is 54.2 Å². The molecule has 0 aliphatic carbocycles. The zero-order chi connectivity index (χ0) is 12.4. The van der Waals surface area contributed by atoms with Crippen LogP contribution in [-0.4, -0.2) is 14.7 Å². The van der Waals surface area contributed by atoms with Crippen molar-refractivity contribution in [3.63, 3.8) is 0 Å². The predicted molar refractivity (Wildman–Crippen MR) is 72.7 cm³/mol. The topological polar surface area (TPSA) is 38.1 Å². The van der Waals surface area contributed by atoms with Crippen molar-refractivity contribution in [1.82, 2.24) is 9.55 Å². The van der Waals surface area contributed by atoms with Crippen molar-refractivity contribution >= 4 is 11.3 Å². The van der Waals surface area contributed by atoms with Crippen LogP contribution in [0.4, 0.5) is 0 Å². The Morgan fingerprint density at radius 1 is 1.17 bits per heavy atom. The Bertz CT molecular complexity index is 626. The lowest BCUT2D eigenvalue weighted by atomic mass is 10.2. The molecule has 0 amide bonds. The highest BCUT2D eigenvalue weighted by Gasteiger charge is 2.06. The zero-order valence-corrected chi connectivity index (χ0v) is 10.5. The second-order valence-corrected chi connectivity index (χ2v) is 5.04. The number of thiophene rings is 1. The van der Waals surface area contributed by atoms with Crippen molar-refractivity contribution in [3.8, 4) is 17.1 Å². The SMILES string of the molecule is Oc1ccc(-c2nccn2Cc2cccs2)cc1. The molecule has 0 aliphatic heterocycles. The van der Waals surface area contributed by atoms with Crippen molar-refractivity contribution in [2.45, 2.75) is 6.54 Å². The molecular formula is C14H12N2OS. The van der Waals surface area contributed by atoms with Gasteiger partial charge in [0.05, 0.1) is 6.54 Å². The third-order valence-electron chi connectivity index (χ3n) is 2.75. The maximum absolute atomic E-state index is 9.31. The van der Waals surface area contributed by atoms with Gasteiger partial charge in [-0.2, -0.15) is 0 Å². The van der Waals surface area contributed by atoms with E-state index in [0.717, 1.165) is 17.9 Å². The Balaban J connectivity index is 1.94. The number of benzene rings is 1. The second-order valence-electron chi connectivity index (χ2n) is 4.00. The predicted octanol–water partition coefficient (Wildman–Crippen LogP) is 3.37. The van der Waals surface area contributed by atoms with Gasteiger partial charge in [0.2, 0.25) is 0 Å². The van der Waals surface area contributed by atoms with Crippen LogP contribution in [0.1, 0.15) is 4.88 Å². The van der Waals surface area contributed by atoms with Gasteiger partial charge < -0.3 is 9.67 Å². The van der Waals surface area contributed by atoms with Crippen LogP contribution in [0.25, 0.3) is 11.4 Å². The summed E-state index contributed by atoms with van der Waals surface area (Å²) in [4.78, 5) is 5.68. The third kappa shape index (κ3) is 2.15. The fourth-order valence-electron chi connectivity index (χ4n) is 1.88. The average molecular weight is 256 g/mol. The van der Waals surface area contributed by atoms with E-state index in [2.05, 4.69) is 27.1 Å². The Morgan fingerprint density at radius 3 is 2.72 bits per heavy atom. The molecule has 2 aromatic heterocycles. The number of phenolic OH excluding ortho intramolecular Hbond substituents is 1. The van der Waals surface area contributed by atoms with Gasteiger partial charge in [-0.05, 0) is 35.7 Å². The van der Waals surface area contributed by atoms with E-state index in [1.807, 2.05) is 18.3 Å². The standard InChI is InChI=1S/C14H12N2OS/c17-12-5-3-11(4-6-12)14-15-7-8-16(14)10-13-2-1-9-18-13/h1-9,17H,10H2. The summed E-state index contributed by atoms with van der Waals surface area (Å²) in [6.07, 6.45) is 3.78. The first kappa shape index (κ1) is 11.0. The quantitative estimate of drug-likeness (QED) is 0.780. The molecule has 0 bridgehead atoms. The molecule has 1 N–H and O–H groups in total. The molecule has 0 aliphatic rings. The van der Waals surface area contributed by atoms with Crippen molar-refractivity contribution < 1.29 is 5.11 Å². The van der Waals surface area contributed by atoms with Crippen molar-refractivity contribution in [2.75, 3.05) is 0 Å². The van der Waals surface area contributed by atoms with Crippen molar-refractivity contribution in [1.29, 1.82) is 0 Å². The normalized spacial score (nSPS) is 10.7. The largest absolute Gasteiger partial charge is 0.508 e. The molecule has 0 radical (unpaired) electrons. The fourth-order valence-corrected chi connectivity index (χ4v) is 2.58. The highest BCUT2D eigenvalue weighted by atomic mass is 32.1. The van der Waals surface area contributed by atoms with E-state index in [1.165, 1.54) is 4.88 Å². The number of hydrogen-bond donors (Lipinski definition) is 1. The summed E-state index contributed by atoms with van der Waals surface area (Å²) in [7, 11) is 0. The Hall–Kier alpha value is -2.07. The molecule has 0 fully saturated rings. The van der Waals surface area contributed by atoms with Gasteiger partial charge in [-0.3, -0.25) is 0 Å². The van der Waals surface area contributed by atoms with Gasteiger partial charge in [-0.1, -0.05) is 6.07 Å². The minimum Gasteiger partial charge on any atom is -0.508 e. The summed E-state index contributed by atoms with van der Waals surface area (Å²) < 4.78 is 2.11. The molecule has 0 unspecified atom stereocenters. The highest BCUT2D eigenvalue weighted by Crippen LogP contribution is 2.22. The van der Waals surface area contributed by atoms with E-state index >= 15 is 0 Å². The summed E-state index contributed by atoms with van der Waals surface area (Å²) in [5.41, 5.74) is 1.01. The average Bonchev–Trinajstić information content (AvgIpc) is 3.02. The van der Waals surface area contributed by atoms with E-state index < -0.39 is 0 Å². The molecular weight excluding hydrogens is 244 g/mol. The maximum atomic E-state index is 9.31. The first-order chi connectivity index (χ1) is 8.83. The molecule has 90 valence electrons. The molecule has 0 saturated heterocycles. The highest BCUT2D eigenvalue weighted by molar-refractivity contribution is 7.09. The summed E-state index contributed by atoms with van der Waals surface area (Å²) >= 11 is 1.74. The van der Waals surface area contributed by atoms with Crippen LogP contribution >= 0.6 is 11.3 Å². The van der Waals surface area contributed by atoms with Gasteiger partial charge in [-0.25, -0.2) is 4.98 Å². The smallest absolute Gasteiger partial charge is 0.140 e. The van der Waals surface area contributed by atoms with E-state index in [1.54, 1.807) is 29.7 Å². The fraction of sp³-hybridized carbons (Fsp3) is 0.0714. The molecule has 3 nitrogen and oxygen atoms in total. The molecule has 0 atom stereocenters. The third-order valence-corrected chi connectivity index (χ3v) is 3.61. The van der Waals surface area contributed by atoms with E-state index in [9.17, 15) is 5.11 Å². The van der Waals surface area contributed by atoms with Crippen LogP contribution in [0.2, 0.25) is 0 Å². The van der Waals surface area contributed by atoms with E-state index in [0.29, 0.717) is 0 Å². The number of imidazole rings is 1.